The van der Waals surface area contributed by atoms with Gasteiger partial charge in [-0.25, -0.2) is 0 Å². The number of allylic oxidation sites excluding steroid dienone is 1. The van der Waals surface area contributed by atoms with E-state index in [0.717, 1.165) is 69.7 Å². The fourth-order valence-electron chi connectivity index (χ4n) is 3.71. The molecule has 1 aromatic rings. The van der Waals surface area contributed by atoms with Gasteiger partial charge in [0.1, 0.15) is 11.9 Å². The zero-order chi connectivity index (χ0) is 18.4. The molecular formula is C22H32N2O2. The first-order chi connectivity index (χ1) is 12.6. The minimum absolute atomic E-state index is 0.120. The van der Waals surface area contributed by atoms with Crippen molar-refractivity contribution in [3.05, 3.63) is 42.0 Å². The molecule has 0 saturated carbocycles. The average Bonchev–Trinajstić information content (AvgIpc) is 3.17. The van der Waals surface area contributed by atoms with Gasteiger partial charge in [-0.3, -0.25) is 9.69 Å². The summed E-state index contributed by atoms with van der Waals surface area (Å²) < 4.78 is 6.27. The van der Waals surface area contributed by atoms with Crippen LogP contribution in [0.2, 0.25) is 0 Å². The normalized spacial score (nSPS) is 19.6. The molecule has 0 unspecified atom stereocenters. The molecule has 0 aromatic heterocycles. The lowest BCUT2D eigenvalue weighted by atomic mass is 10.1. The Balaban J connectivity index is 1.54. The van der Waals surface area contributed by atoms with Gasteiger partial charge in [0.2, 0.25) is 0 Å². The van der Waals surface area contributed by atoms with Crippen molar-refractivity contribution in [2.45, 2.75) is 45.6 Å². The van der Waals surface area contributed by atoms with Crippen LogP contribution in [0.3, 0.4) is 0 Å². The number of likely N-dealkylation sites (tertiary alicyclic amines) is 2. The number of nitrogens with zero attached hydrogens (tertiary/aromatic N) is 2. The molecule has 0 bridgehead atoms. The number of hydrogen-bond donors (Lipinski definition) is 0. The second-order valence-electron chi connectivity index (χ2n) is 7.79. The Hall–Kier alpha value is -1.81. The van der Waals surface area contributed by atoms with Crippen LogP contribution in [0, 0.1) is 5.92 Å². The van der Waals surface area contributed by atoms with Gasteiger partial charge in [-0.05, 0) is 43.7 Å². The van der Waals surface area contributed by atoms with Crippen LogP contribution in [0.15, 0.2) is 36.4 Å². The van der Waals surface area contributed by atoms with Gasteiger partial charge in [-0.2, -0.15) is 0 Å². The van der Waals surface area contributed by atoms with Crippen LogP contribution >= 0.6 is 0 Å². The summed E-state index contributed by atoms with van der Waals surface area (Å²) in [5.74, 6) is 1.48. The maximum absolute atomic E-state index is 12.8. The van der Waals surface area contributed by atoms with Crippen LogP contribution in [-0.4, -0.2) is 54.5 Å². The van der Waals surface area contributed by atoms with Gasteiger partial charge in [0.15, 0.2) is 0 Å². The third-order valence-corrected chi connectivity index (χ3v) is 5.22. The number of amides is 1. The molecule has 0 N–H and O–H groups in total. The van der Waals surface area contributed by atoms with E-state index >= 15 is 0 Å². The maximum atomic E-state index is 12.8. The number of para-hydroxylation sites is 1. The van der Waals surface area contributed by atoms with Crippen molar-refractivity contribution in [1.82, 2.24) is 9.80 Å². The van der Waals surface area contributed by atoms with Crippen molar-refractivity contribution in [3.63, 3.8) is 0 Å². The summed E-state index contributed by atoms with van der Waals surface area (Å²) in [7, 11) is 0. The topological polar surface area (TPSA) is 32.8 Å². The van der Waals surface area contributed by atoms with Gasteiger partial charge in [-0.1, -0.05) is 38.1 Å². The van der Waals surface area contributed by atoms with Gasteiger partial charge in [-0.15, -0.1) is 0 Å². The molecule has 3 rings (SSSR count). The highest BCUT2D eigenvalue weighted by atomic mass is 16.5. The Morgan fingerprint density at radius 2 is 1.85 bits per heavy atom. The third-order valence-electron chi connectivity index (χ3n) is 5.22. The lowest BCUT2D eigenvalue weighted by Gasteiger charge is -2.32. The van der Waals surface area contributed by atoms with E-state index < -0.39 is 0 Å². The summed E-state index contributed by atoms with van der Waals surface area (Å²) in [4.78, 5) is 17.2. The molecule has 2 fully saturated rings. The predicted molar refractivity (Wildman–Crippen MR) is 106 cm³/mol. The molecular weight excluding hydrogens is 324 g/mol. The number of rotatable bonds is 6. The average molecular weight is 357 g/mol. The molecule has 0 aliphatic carbocycles. The molecule has 0 atom stereocenters. The summed E-state index contributed by atoms with van der Waals surface area (Å²) >= 11 is 0. The van der Waals surface area contributed by atoms with Crippen LogP contribution in [0.25, 0.3) is 0 Å². The fraction of sp³-hybridized carbons (Fsp3) is 0.591. The van der Waals surface area contributed by atoms with Crippen LogP contribution in [0.4, 0.5) is 0 Å². The summed E-state index contributed by atoms with van der Waals surface area (Å²) in [5, 5.41) is 0. The maximum Gasteiger partial charge on any atom is 0.257 e. The molecule has 2 saturated heterocycles. The number of benzene rings is 1. The molecule has 2 aliphatic rings. The van der Waals surface area contributed by atoms with Gasteiger partial charge < -0.3 is 9.64 Å². The van der Waals surface area contributed by atoms with Crippen LogP contribution in [0.5, 0.6) is 5.75 Å². The first kappa shape index (κ1) is 19.0. The summed E-state index contributed by atoms with van der Waals surface area (Å²) in [6, 6.07) is 7.74. The summed E-state index contributed by atoms with van der Waals surface area (Å²) in [5.41, 5.74) is 0.719. The monoisotopic (exact) mass is 356 g/mol. The molecule has 4 heteroatoms. The minimum Gasteiger partial charge on any atom is -0.489 e. The third kappa shape index (κ3) is 5.10. The van der Waals surface area contributed by atoms with Crippen molar-refractivity contribution in [2.75, 3.05) is 32.7 Å². The smallest absolute Gasteiger partial charge is 0.257 e. The zero-order valence-corrected chi connectivity index (χ0v) is 16.2. The van der Waals surface area contributed by atoms with Crippen LogP contribution in [0.1, 0.15) is 49.9 Å². The first-order valence-corrected chi connectivity index (χ1v) is 10.1. The Morgan fingerprint density at radius 1 is 1.15 bits per heavy atom. The van der Waals surface area contributed by atoms with Gasteiger partial charge in [0.05, 0.1) is 5.56 Å². The predicted octanol–water partition coefficient (Wildman–Crippen LogP) is 3.98. The number of hydrogen-bond acceptors (Lipinski definition) is 3. The molecule has 142 valence electrons. The van der Waals surface area contributed by atoms with E-state index in [1.165, 1.54) is 0 Å². The molecule has 1 amide bonds. The number of ether oxygens (including phenoxy) is 1. The highest BCUT2D eigenvalue weighted by molar-refractivity contribution is 5.97. The molecule has 2 heterocycles. The largest absolute Gasteiger partial charge is 0.489 e. The zero-order valence-electron chi connectivity index (χ0n) is 16.2. The second kappa shape index (κ2) is 9.22. The van der Waals surface area contributed by atoms with Crippen LogP contribution < -0.4 is 4.74 Å². The summed E-state index contributed by atoms with van der Waals surface area (Å²) in [6.07, 6.45) is 8.99. The Bertz CT molecular complexity index is 612. The van der Waals surface area contributed by atoms with Gasteiger partial charge in [0, 0.05) is 32.7 Å². The Kier molecular flexibility index (Phi) is 6.73. The SMILES string of the molecule is CC(C)/C=C/CN1CCC(Oc2ccccc2C(=O)N2CCCC2)CC1. The van der Waals surface area contributed by atoms with Crippen molar-refractivity contribution in [1.29, 1.82) is 0 Å². The first-order valence-electron chi connectivity index (χ1n) is 10.1. The van der Waals surface area contributed by atoms with Crippen molar-refractivity contribution in [2.24, 2.45) is 5.92 Å². The highest BCUT2D eigenvalue weighted by Gasteiger charge is 2.25. The van der Waals surface area contributed by atoms with Crippen molar-refractivity contribution >= 4 is 5.91 Å². The molecule has 0 spiro atoms. The highest BCUT2D eigenvalue weighted by Crippen LogP contribution is 2.25. The van der Waals surface area contributed by atoms with Crippen molar-refractivity contribution in [3.8, 4) is 5.75 Å². The Morgan fingerprint density at radius 3 is 2.54 bits per heavy atom. The lowest BCUT2D eigenvalue weighted by Crippen LogP contribution is -2.38. The second-order valence-corrected chi connectivity index (χ2v) is 7.79. The fourth-order valence-corrected chi connectivity index (χ4v) is 3.71. The number of carbonyl (C=O) groups excluding carboxylic acids is 1. The number of carbonyl (C=O) groups is 1. The van der Waals surface area contributed by atoms with E-state index in [1.54, 1.807) is 0 Å². The lowest BCUT2D eigenvalue weighted by molar-refractivity contribution is 0.0772. The minimum atomic E-state index is 0.120. The van der Waals surface area contributed by atoms with E-state index in [0.29, 0.717) is 5.92 Å². The van der Waals surface area contributed by atoms with Gasteiger partial charge in [0.25, 0.3) is 5.91 Å². The van der Waals surface area contributed by atoms with Crippen LogP contribution in [-0.2, 0) is 0 Å². The number of piperidine rings is 1. The Labute approximate surface area is 157 Å². The van der Waals surface area contributed by atoms with E-state index in [2.05, 4.69) is 30.9 Å². The van der Waals surface area contributed by atoms with E-state index in [-0.39, 0.29) is 12.0 Å². The van der Waals surface area contributed by atoms with E-state index in [9.17, 15) is 4.79 Å². The molecule has 26 heavy (non-hydrogen) atoms. The van der Waals surface area contributed by atoms with E-state index in [1.807, 2.05) is 29.2 Å². The van der Waals surface area contributed by atoms with Crippen molar-refractivity contribution < 1.29 is 9.53 Å². The molecule has 4 nitrogen and oxygen atoms in total. The summed E-state index contributed by atoms with van der Waals surface area (Å²) in [6.45, 7) is 9.28. The van der Waals surface area contributed by atoms with Gasteiger partial charge >= 0.3 is 0 Å². The standard InChI is InChI=1S/C22H32N2O2/c1-18(2)8-7-13-23-16-11-19(12-17-23)26-21-10-4-3-9-20(21)22(25)24-14-5-6-15-24/h3-4,7-10,18-19H,5-6,11-17H2,1-2H3/b8-7+. The molecule has 0 radical (unpaired) electrons. The molecule has 1 aromatic carbocycles. The quantitative estimate of drug-likeness (QED) is 0.723. The van der Waals surface area contributed by atoms with E-state index in [4.69, 9.17) is 4.74 Å². The molecule has 2 aliphatic heterocycles.